The highest BCUT2D eigenvalue weighted by Crippen LogP contribution is 2.14. The van der Waals surface area contributed by atoms with E-state index in [-0.39, 0.29) is 12.5 Å². The molecule has 0 aliphatic carbocycles. The summed E-state index contributed by atoms with van der Waals surface area (Å²) < 4.78 is 5.75. The van der Waals surface area contributed by atoms with Crippen LogP contribution >= 0.6 is 0 Å². The predicted molar refractivity (Wildman–Crippen MR) is 158 cm³/mol. The van der Waals surface area contributed by atoms with Gasteiger partial charge in [0, 0.05) is 6.42 Å². The first kappa shape index (κ1) is 33.9. The monoisotopic (exact) mass is 529 g/mol. The lowest BCUT2D eigenvalue weighted by Crippen LogP contribution is -2.46. The molecule has 5 nitrogen and oxygen atoms in total. The molecule has 0 fully saturated rings. The van der Waals surface area contributed by atoms with Crippen molar-refractivity contribution in [2.75, 3.05) is 6.61 Å². The van der Waals surface area contributed by atoms with Crippen molar-refractivity contribution in [3.63, 3.8) is 0 Å². The summed E-state index contributed by atoms with van der Waals surface area (Å²) in [6.07, 6.45) is 24.1. The zero-order valence-corrected chi connectivity index (χ0v) is 24.3. The highest BCUT2D eigenvalue weighted by molar-refractivity contribution is 5.89. The number of aliphatic hydroxyl groups excluding tert-OH is 1. The maximum absolute atomic E-state index is 12.7. The Bertz CT molecular complexity index is 734. The van der Waals surface area contributed by atoms with Crippen LogP contribution in [0.15, 0.2) is 42.5 Å². The van der Waals surface area contributed by atoms with E-state index in [9.17, 15) is 14.7 Å². The quantitative estimate of drug-likeness (QED) is 0.0802. The number of esters is 1. The Morgan fingerprint density at radius 1 is 0.789 bits per heavy atom. The molecule has 38 heavy (non-hydrogen) atoms. The molecule has 0 radical (unpaired) electrons. The average molecular weight is 530 g/mol. The Labute approximate surface area is 232 Å². The van der Waals surface area contributed by atoms with E-state index in [1.165, 1.54) is 77.0 Å². The summed E-state index contributed by atoms with van der Waals surface area (Å²) in [5.41, 5.74) is 0.454. The molecule has 0 aliphatic heterocycles. The SMILES string of the molecule is CCCCCCCCCCCCC/C=C/[C@@H](OC(=O)c1ccccc1)[C@H](CO)NC(=O)CCCCCCC. The topological polar surface area (TPSA) is 75.6 Å². The van der Waals surface area contributed by atoms with Gasteiger partial charge in [-0.1, -0.05) is 128 Å². The first-order valence-corrected chi connectivity index (χ1v) is 15.4. The minimum Gasteiger partial charge on any atom is -0.452 e. The summed E-state index contributed by atoms with van der Waals surface area (Å²) in [6.45, 7) is 4.13. The predicted octanol–water partition coefficient (Wildman–Crippen LogP) is 8.31. The van der Waals surface area contributed by atoms with Crippen LogP contribution in [0.2, 0.25) is 0 Å². The number of carbonyl (C=O) groups excluding carboxylic acids is 2. The third-order valence-electron chi connectivity index (χ3n) is 7.00. The van der Waals surface area contributed by atoms with Crippen LogP contribution in [-0.4, -0.2) is 35.7 Å². The Balaban J connectivity index is 2.49. The summed E-state index contributed by atoms with van der Waals surface area (Å²) in [6, 6.07) is 8.17. The summed E-state index contributed by atoms with van der Waals surface area (Å²) in [4.78, 5) is 25.2. The second-order valence-corrected chi connectivity index (χ2v) is 10.5. The van der Waals surface area contributed by atoms with E-state index >= 15 is 0 Å². The zero-order valence-electron chi connectivity index (χ0n) is 24.3. The number of benzene rings is 1. The molecule has 0 aromatic heterocycles. The maximum atomic E-state index is 12.7. The molecule has 0 saturated carbocycles. The van der Waals surface area contributed by atoms with Crippen LogP contribution in [0, 0.1) is 0 Å². The Morgan fingerprint density at radius 2 is 1.32 bits per heavy atom. The van der Waals surface area contributed by atoms with Crippen molar-refractivity contribution < 1.29 is 19.4 Å². The minimum absolute atomic E-state index is 0.111. The Hall–Kier alpha value is -2.14. The summed E-state index contributed by atoms with van der Waals surface area (Å²) >= 11 is 0. The molecule has 1 amide bonds. The van der Waals surface area contributed by atoms with E-state index in [0.717, 1.165) is 32.1 Å². The molecule has 0 aliphatic rings. The molecule has 0 saturated heterocycles. The number of ether oxygens (including phenoxy) is 1. The van der Waals surface area contributed by atoms with Gasteiger partial charge in [0.2, 0.25) is 5.91 Å². The molecule has 0 bridgehead atoms. The van der Waals surface area contributed by atoms with Crippen LogP contribution in [-0.2, 0) is 9.53 Å². The van der Waals surface area contributed by atoms with Crippen molar-refractivity contribution in [1.29, 1.82) is 0 Å². The largest absolute Gasteiger partial charge is 0.452 e. The molecular formula is C33H55NO4. The molecule has 216 valence electrons. The Kier molecular flexibility index (Phi) is 21.3. The molecular weight excluding hydrogens is 474 g/mol. The molecule has 1 aromatic rings. The zero-order chi connectivity index (χ0) is 27.7. The van der Waals surface area contributed by atoms with Crippen LogP contribution in [0.5, 0.6) is 0 Å². The number of unbranched alkanes of at least 4 members (excludes halogenated alkanes) is 15. The van der Waals surface area contributed by atoms with Gasteiger partial charge >= 0.3 is 5.97 Å². The summed E-state index contributed by atoms with van der Waals surface area (Å²) in [5.74, 6) is -0.567. The summed E-state index contributed by atoms with van der Waals surface area (Å²) in [5, 5.41) is 12.9. The normalized spacial score (nSPS) is 12.9. The highest BCUT2D eigenvalue weighted by Gasteiger charge is 2.24. The van der Waals surface area contributed by atoms with Crippen LogP contribution < -0.4 is 5.32 Å². The maximum Gasteiger partial charge on any atom is 0.338 e. The fraction of sp³-hybridized carbons (Fsp3) is 0.697. The fourth-order valence-electron chi connectivity index (χ4n) is 4.58. The molecule has 1 rings (SSSR count). The molecule has 0 heterocycles. The highest BCUT2D eigenvalue weighted by atomic mass is 16.5. The van der Waals surface area contributed by atoms with Gasteiger partial charge < -0.3 is 15.2 Å². The standard InChI is InChI=1S/C33H55NO4/c1-3-5-7-9-10-11-12-13-14-15-16-18-22-26-31(38-33(37)29-24-20-19-21-25-29)30(28-35)34-32(36)27-23-17-8-6-4-2/h19-22,24-26,30-31,35H,3-18,23,27-28H2,1-2H3,(H,34,36)/b26-22+/t30-,31+/m0/s1. The van der Waals surface area contributed by atoms with E-state index in [2.05, 4.69) is 19.2 Å². The van der Waals surface area contributed by atoms with Gasteiger partial charge in [0.1, 0.15) is 6.10 Å². The number of carbonyl (C=O) groups is 2. The lowest BCUT2D eigenvalue weighted by atomic mass is 10.0. The van der Waals surface area contributed by atoms with E-state index in [1.807, 2.05) is 18.2 Å². The molecule has 0 spiro atoms. The van der Waals surface area contributed by atoms with Crippen LogP contribution in [0.4, 0.5) is 0 Å². The van der Waals surface area contributed by atoms with Crippen molar-refractivity contribution in [2.45, 2.75) is 142 Å². The first-order chi connectivity index (χ1) is 18.6. The average Bonchev–Trinajstić information content (AvgIpc) is 2.94. The van der Waals surface area contributed by atoms with Gasteiger partial charge in [0.15, 0.2) is 0 Å². The van der Waals surface area contributed by atoms with Gasteiger partial charge in [-0.25, -0.2) is 4.79 Å². The van der Waals surface area contributed by atoms with Crippen LogP contribution in [0.1, 0.15) is 140 Å². The number of nitrogens with one attached hydrogen (secondary N) is 1. The lowest BCUT2D eigenvalue weighted by molar-refractivity contribution is -0.123. The van der Waals surface area contributed by atoms with Crippen molar-refractivity contribution in [1.82, 2.24) is 5.32 Å². The number of allylic oxidation sites excluding steroid dienone is 1. The number of hydrogen-bond donors (Lipinski definition) is 2. The molecule has 0 unspecified atom stereocenters. The van der Waals surface area contributed by atoms with E-state index in [1.54, 1.807) is 24.3 Å². The van der Waals surface area contributed by atoms with E-state index in [0.29, 0.717) is 12.0 Å². The molecule has 2 N–H and O–H groups in total. The number of amides is 1. The van der Waals surface area contributed by atoms with Crippen LogP contribution in [0.3, 0.4) is 0 Å². The number of hydrogen-bond acceptors (Lipinski definition) is 4. The van der Waals surface area contributed by atoms with Gasteiger partial charge in [-0.3, -0.25) is 4.79 Å². The molecule has 1 aromatic carbocycles. The second kappa shape index (κ2) is 23.9. The van der Waals surface area contributed by atoms with Gasteiger partial charge in [-0.2, -0.15) is 0 Å². The smallest absolute Gasteiger partial charge is 0.338 e. The van der Waals surface area contributed by atoms with Crippen molar-refractivity contribution >= 4 is 11.9 Å². The molecule has 5 heteroatoms. The Morgan fingerprint density at radius 3 is 1.87 bits per heavy atom. The van der Waals surface area contributed by atoms with Crippen molar-refractivity contribution in [3.8, 4) is 0 Å². The summed E-state index contributed by atoms with van der Waals surface area (Å²) in [7, 11) is 0. The van der Waals surface area contributed by atoms with Crippen LogP contribution in [0.25, 0.3) is 0 Å². The van der Waals surface area contributed by atoms with Gasteiger partial charge in [-0.05, 0) is 37.5 Å². The third-order valence-corrected chi connectivity index (χ3v) is 7.00. The van der Waals surface area contributed by atoms with Crippen molar-refractivity contribution in [3.05, 3.63) is 48.0 Å². The molecule has 2 atom stereocenters. The van der Waals surface area contributed by atoms with Gasteiger partial charge in [0.25, 0.3) is 0 Å². The minimum atomic E-state index is -0.718. The lowest BCUT2D eigenvalue weighted by Gasteiger charge is -2.24. The first-order valence-electron chi connectivity index (χ1n) is 15.4. The third kappa shape index (κ3) is 17.4. The fourth-order valence-corrected chi connectivity index (χ4v) is 4.58. The second-order valence-electron chi connectivity index (χ2n) is 10.5. The van der Waals surface area contributed by atoms with Crippen molar-refractivity contribution in [2.24, 2.45) is 0 Å². The number of rotatable bonds is 24. The van der Waals surface area contributed by atoms with E-state index < -0.39 is 18.1 Å². The van der Waals surface area contributed by atoms with Gasteiger partial charge in [-0.15, -0.1) is 0 Å². The number of aliphatic hydroxyl groups is 1. The van der Waals surface area contributed by atoms with Gasteiger partial charge in [0.05, 0.1) is 18.2 Å². The van der Waals surface area contributed by atoms with E-state index in [4.69, 9.17) is 4.74 Å².